The maximum Gasteiger partial charge on any atom is 0.407 e. The minimum atomic E-state index is -0.932. The van der Waals surface area contributed by atoms with Crippen molar-refractivity contribution in [2.24, 2.45) is 0 Å². The van der Waals surface area contributed by atoms with E-state index < -0.39 is 11.6 Å². The zero-order valence-corrected chi connectivity index (χ0v) is 13.8. The molecule has 1 aliphatic rings. The van der Waals surface area contributed by atoms with Crippen LogP contribution < -0.4 is 10.5 Å². The maximum atomic E-state index is 11.2. The molecule has 0 aliphatic heterocycles. The molecular weight excluding hydrogens is 306 g/mol. The summed E-state index contributed by atoms with van der Waals surface area (Å²) in [6, 6.07) is 9.54. The van der Waals surface area contributed by atoms with Crippen LogP contribution in [-0.2, 0) is 0 Å². The van der Waals surface area contributed by atoms with Crippen LogP contribution in [0.25, 0.3) is 11.1 Å². The number of hydrogen-bond acceptors (Lipinski definition) is 4. The average molecular weight is 327 g/mol. The Kier molecular flexibility index (Phi) is 4.05. The first-order valence-corrected chi connectivity index (χ1v) is 7.83. The number of nitrogen functional groups attached to an aromatic ring is 1. The van der Waals surface area contributed by atoms with Gasteiger partial charge < -0.3 is 20.5 Å². The number of anilines is 1. The van der Waals surface area contributed by atoms with Gasteiger partial charge in [0.1, 0.15) is 12.4 Å². The molecular formula is C18H21N3O3. The lowest BCUT2D eigenvalue weighted by atomic mass is 10.0. The van der Waals surface area contributed by atoms with E-state index in [-0.39, 0.29) is 0 Å². The van der Waals surface area contributed by atoms with Crippen LogP contribution in [0.1, 0.15) is 18.5 Å². The summed E-state index contributed by atoms with van der Waals surface area (Å²) in [5.41, 5.74) is 8.96. The number of carbonyl (C=O) groups is 1. The molecule has 0 spiro atoms. The number of nitrogens with two attached hydrogens (primary N) is 1. The number of hydrogen-bond donors (Lipinski definition) is 2. The van der Waals surface area contributed by atoms with Gasteiger partial charge in [-0.05, 0) is 43.5 Å². The molecule has 3 N–H and O–H groups in total. The summed E-state index contributed by atoms with van der Waals surface area (Å²) in [7, 11) is 1.59. The molecule has 24 heavy (non-hydrogen) atoms. The summed E-state index contributed by atoms with van der Waals surface area (Å²) in [6.07, 6.45) is 2.37. The quantitative estimate of drug-likeness (QED) is 0.824. The molecule has 1 aliphatic carbocycles. The number of benzene rings is 1. The summed E-state index contributed by atoms with van der Waals surface area (Å²) >= 11 is 0. The van der Waals surface area contributed by atoms with E-state index in [0.717, 1.165) is 29.7 Å². The highest BCUT2D eigenvalue weighted by molar-refractivity contribution is 5.70. The fourth-order valence-corrected chi connectivity index (χ4v) is 2.73. The van der Waals surface area contributed by atoms with E-state index in [1.807, 2.05) is 37.3 Å². The number of pyridine rings is 1. The molecule has 1 amide bonds. The molecule has 0 saturated heterocycles. The fraction of sp³-hybridized carbons (Fsp3) is 0.333. The van der Waals surface area contributed by atoms with Gasteiger partial charge in [0, 0.05) is 24.0 Å². The number of ether oxygens (including phenoxy) is 1. The second-order valence-corrected chi connectivity index (χ2v) is 6.28. The maximum absolute atomic E-state index is 11.2. The number of likely N-dealkylation sites (N-methyl/N-ethyl adjacent to an activating group) is 1. The summed E-state index contributed by atoms with van der Waals surface area (Å²) in [4.78, 5) is 16.9. The Morgan fingerprint density at radius 2 is 2.17 bits per heavy atom. The van der Waals surface area contributed by atoms with E-state index in [9.17, 15) is 4.79 Å². The van der Waals surface area contributed by atoms with Crippen LogP contribution in [0.2, 0.25) is 0 Å². The smallest absolute Gasteiger partial charge is 0.407 e. The molecule has 1 fully saturated rings. The van der Waals surface area contributed by atoms with Gasteiger partial charge >= 0.3 is 6.09 Å². The number of aryl methyl sites for hydroxylation is 1. The summed E-state index contributed by atoms with van der Waals surface area (Å²) in [6.45, 7) is 2.26. The van der Waals surface area contributed by atoms with Gasteiger partial charge in [0.2, 0.25) is 0 Å². The van der Waals surface area contributed by atoms with Crippen molar-refractivity contribution in [3.63, 3.8) is 0 Å². The van der Waals surface area contributed by atoms with Crippen LogP contribution in [0.5, 0.6) is 5.75 Å². The molecule has 2 aromatic rings. The Bertz CT molecular complexity index is 772. The highest BCUT2D eigenvalue weighted by Gasteiger charge is 2.49. The monoisotopic (exact) mass is 327 g/mol. The molecule has 0 atom stereocenters. The van der Waals surface area contributed by atoms with E-state index in [0.29, 0.717) is 18.0 Å². The molecule has 6 nitrogen and oxygen atoms in total. The van der Waals surface area contributed by atoms with Crippen molar-refractivity contribution < 1.29 is 14.6 Å². The Labute approximate surface area is 140 Å². The third-order valence-electron chi connectivity index (χ3n) is 4.59. The van der Waals surface area contributed by atoms with Gasteiger partial charge in [-0.25, -0.2) is 4.79 Å². The summed E-state index contributed by atoms with van der Waals surface area (Å²) < 4.78 is 5.85. The number of aromatic nitrogens is 1. The van der Waals surface area contributed by atoms with Gasteiger partial charge in [0.15, 0.2) is 0 Å². The second kappa shape index (κ2) is 6.03. The lowest BCUT2D eigenvalue weighted by Gasteiger charge is -2.25. The highest BCUT2D eigenvalue weighted by atomic mass is 16.5. The molecule has 1 heterocycles. The third kappa shape index (κ3) is 3.13. The topological polar surface area (TPSA) is 88.7 Å². The van der Waals surface area contributed by atoms with Crippen molar-refractivity contribution in [1.29, 1.82) is 0 Å². The lowest BCUT2D eigenvalue weighted by Crippen LogP contribution is -2.42. The lowest BCUT2D eigenvalue weighted by molar-refractivity contribution is 0.109. The largest absolute Gasteiger partial charge is 0.490 e. The van der Waals surface area contributed by atoms with Crippen LogP contribution >= 0.6 is 0 Å². The van der Waals surface area contributed by atoms with E-state index >= 15 is 0 Å². The first-order valence-electron chi connectivity index (χ1n) is 7.83. The van der Waals surface area contributed by atoms with Gasteiger partial charge in [-0.3, -0.25) is 4.98 Å². The minimum absolute atomic E-state index is 0.330. The predicted molar refractivity (Wildman–Crippen MR) is 92.1 cm³/mol. The molecule has 126 valence electrons. The second-order valence-electron chi connectivity index (χ2n) is 6.28. The zero-order valence-electron chi connectivity index (χ0n) is 13.8. The highest BCUT2D eigenvalue weighted by Crippen LogP contribution is 2.41. The Hall–Kier alpha value is -2.76. The summed E-state index contributed by atoms with van der Waals surface area (Å²) in [5.74, 6) is 0.628. The third-order valence-corrected chi connectivity index (χ3v) is 4.59. The standard InChI is InChI=1S/C18H21N3O3/c1-12-16(13-4-3-5-14(19)8-13)9-15(10-20-12)24-11-18(6-7-18)21(2)17(22)23/h3-5,8-10H,6-7,11,19H2,1-2H3,(H,22,23). The molecule has 0 bridgehead atoms. The molecule has 6 heteroatoms. The van der Waals surface area contributed by atoms with Crippen molar-refractivity contribution >= 4 is 11.8 Å². The van der Waals surface area contributed by atoms with Crippen molar-refractivity contribution in [2.75, 3.05) is 19.4 Å². The van der Waals surface area contributed by atoms with Gasteiger partial charge in [0.25, 0.3) is 0 Å². The molecule has 3 rings (SSSR count). The number of amides is 1. The van der Waals surface area contributed by atoms with E-state index in [1.165, 1.54) is 4.90 Å². The van der Waals surface area contributed by atoms with Crippen LogP contribution in [0.3, 0.4) is 0 Å². The van der Waals surface area contributed by atoms with Crippen LogP contribution in [0.15, 0.2) is 36.5 Å². The fourth-order valence-electron chi connectivity index (χ4n) is 2.73. The molecule has 1 saturated carbocycles. The Balaban J connectivity index is 1.79. The van der Waals surface area contributed by atoms with E-state index in [4.69, 9.17) is 15.6 Å². The molecule has 1 aromatic carbocycles. The van der Waals surface area contributed by atoms with E-state index in [2.05, 4.69) is 4.98 Å². The Morgan fingerprint density at radius 3 is 2.79 bits per heavy atom. The van der Waals surface area contributed by atoms with Crippen molar-refractivity contribution in [2.45, 2.75) is 25.3 Å². The van der Waals surface area contributed by atoms with Crippen LogP contribution in [0.4, 0.5) is 10.5 Å². The van der Waals surface area contributed by atoms with Crippen molar-refractivity contribution in [3.05, 3.63) is 42.2 Å². The van der Waals surface area contributed by atoms with Gasteiger partial charge in [-0.1, -0.05) is 12.1 Å². The van der Waals surface area contributed by atoms with Crippen molar-refractivity contribution in [3.8, 4) is 16.9 Å². The zero-order chi connectivity index (χ0) is 17.3. The van der Waals surface area contributed by atoms with Gasteiger partial charge in [0.05, 0.1) is 11.7 Å². The van der Waals surface area contributed by atoms with Crippen LogP contribution in [-0.4, -0.2) is 40.3 Å². The average Bonchev–Trinajstić information content (AvgIpc) is 3.34. The van der Waals surface area contributed by atoms with Crippen molar-refractivity contribution in [1.82, 2.24) is 9.88 Å². The molecule has 1 aromatic heterocycles. The first kappa shape index (κ1) is 16.1. The van der Waals surface area contributed by atoms with Gasteiger partial charge in [-0.15, -0.1) is 0 Å². The van der Waals surface area contributed by atoms with E-state index in [1.54, 1.807) is 13.2 Å². The predicted octanol–water partition coefficient (Wildman–Crippen LogP) is 3.16. The molecule has 0 unspecified atom stereocenters. The Morgan fingerprint density at radius 1 is 1.42 bits per heavy atom. The normalized spacial score (nSPS) is 14.9. The number of rotatable bonds is 5. The first-order chi connectivity index (χ1) is 11.4. The van der Waals surface area contributed by atoms with Gasteiger partial charge in [-0.2, -0.15) is 0 Å². The van der Waals surface area contributed by atoms with Crippen LogP contribution in [0, 0.1) is 6.92 Å². The number of carboxylic acid groups (broad SMARTS) is 1. The molecule has 0 radical (unpaired) electrons. The summed E-state index contributed by atoms with van der Waals surface area (Å²) in [5, 5.41) is 9.16. The SMILES string of the molecule is Cc1ncc(OCC2(N(C)C(=O)O)CC2)cc1-c1cccc(N)c1. The minimum Gasteiger partial charge on any atom is -0.490 e. The number of nitrogens with zero attached hydrogens (tertiary/aromatic N) is 2.